The van der Waals surface area contributed by atoms with E-state index in [4.69, 9.17) is 5.73 Å². The van der Waals surface area contributed by atoms with Crippen LogP contribution in [0.25, 0.3) is 0 Å². The van der Waals surface area contributed by atoms with Crippen LogP contribution in [0.1, 0.15) is 51.9 Å². The van der Waals surface area contributed by atoms with Gasteiger partial charge in [0.05, 0.1) is 6.04 Å². The summed E-state index contributed by atoms with van der Waals surface area (Å²) in [4.78, 5) is 14.5. The lowest BCUT2D eigenvalue weighted by molar-refractivity contribution is -0.124. The van der Waals surface area contributed by atoms with Crippen LogP contribution in [0.2, 0.25) is 0 Å². The predicted molar refractivity (Wildman–Crippen MR) is 73.2 cm³/mol. The molecule has 3 N–H and O–H groups in total. The van der Waals surface area contributed by atoms with Crippen LogP contribution in [-0.2, 0) is 4.79 Å². The van der Waals surface area contributed by atoms with Crippen molar-refractivity contribution in [3.8, 4) is 0 Å². The van der Waals surface area contributed by atoms with E-state index in [0.29, 0.717) is 18.1 Å². The molecular formula is C14H27N3O. The lowest BCUT2D eigenvalue weighted by atomic mass is 9.82. The fourth-order valence-corrected chi connectivity index (χ4v) is 3.48. The molecule has 2 fully saturated rings. The first kappa shape index (κ1) is 13.8. The summed E-state index contributed by atoms with van der Waals surface area (Å²) in [6.07, 6.45) is 7.84. The van der Waals surface area contributed by atoms with Crippen LogP contribution in [-0.4, -0.2) is 42.0 Å². The standard InChI is InChI=1S/C14H27N3O/c1-3-5-13(15)14(18)16-10-8-11-6-4-7-12(9-10)17(11)2/h10-13H,3-9,15H2,1-2H3,(H,16,18)/t10?,11?,12?,13-/m1/s1. The molecule has 4 nitrogen and oxygen atoms in total. The van der Waals surface area contributed by atoms with Crippen molar-refractivity contribution in [2.75, 3.05) is 7.05 Å². The Morgan fingerprint density at radius 2 is 2.00 bits per heavy atom. The Kier molecular flexibility index (Phi) is 4.62. The molecule has 2 unspecified atom stereocenters. The summed E-state index contributed by atoms with van der Waals surface area (Å²) in [5.41, 5.74) is 5.87. The molecule has 3 atom stereocenters. The number of nitrogens with two attached hydrogens (primary N) is 1. The van der Waals surface area contributed by atoms with Gasteiger partial charge in [0.1, 0.15) is 0 Å². The summed E-state index contributed by atoms with van der Waals surface area (Å²) in [6.45, 7) is 2.06. The summed E-state index contributed by atoms with van der Waals surface area (Å²) in [5, 5.41) is 3.16. The van der Waals surface area contributed by atoms with Gasteiger partial charge < -0.3 is 16.0 Å². The molecule has 2 aliphatic heterocycles. The second kappa shape index (κ2) is 6.02. The number of nitrogens with one attached hydrogen (secondary N) is 1. The van der Waals surface area contributed by atoms with Crippen molar-refractivity contribution >= 4 is 5.91 Å². The second-order valence-corrected chi connectivity index (χ2v) is 5.98. The molecule has 18 heavy (non-hydrogen) atoms. The van der Waals surface area contributed by atoms with Gasteiger partial charge in [-0.3, -0.25) is 4.79 Å². The smallest absolute Gasteiger partial charge is 0.237 e. The van der Waals surface area contributed by atoms with Crippen molar-refractivity contribution in [1.29, 1.82) is 0 Å². The number of nitrogens with zero attached hydrogens (tertiary/aromatic N) is 1. The van der Waals surface area contributed by atoms with Crippen molar-refractivity contribution in [3.63, 3.8) is 0 Å². The summed E-state index contributed by atoms with van der Waals surface area (Å²) in [7, 11) is 2.23. The fourth-order valence-electron chi connectivity index (χ4n) is 3.48. The zero-order valence-corrected chi connectivity index (χ0v) is 11.7. The fraction of sp³-hybridized carbons (Fsp3) is 0.929. The number of rotatable bonds is 4. The molecule has 0 aliphatic carbocycles. The molecule has 2 bridgehead atoms. The van der Waals surface area contributed by atoms with Gasteiger partial charge in [-0.25, -0.2) is 0 Å². The van der Waals surface area contributed by atoms with E-state index in [1.54, 1.807) is 0 Å². The number of fused-ring (bicyclic) bond motifs is 2. The van der Waals surface area contributed by atoms with Crippen LogP contribution in [0.3, 0.4) is 0 Å². The Hall–Kier alpha value is -0.610. The maximum Gasteiger partial charge on any atom is 0.237 e. The molecule has 0 aromatic rings. The zero-order chi connectivity index (χ0) is 13.1. The molecule has 2 rings (SSSR count). The second-order valence-electron chi connectivity index (χ2n) is 5.98. The summed E-state index contributed by atoms with van der Waals surface area (Å²) in [6, 6.07) is 1.33. The monoisotopic (exact) mass is 253 g/mol. The van der Waals surface area contributed by atoms with Crippen LogP contribution in [0.4, 0.5) is 0 Å². The normalized spacial score (nSPS) is 34.1. The highest BCUT2D eigenvalue weighted by molar-refractivity contribution is 5.81. The number of carbonyl (C=O) groups is 1. The van der Waals surface area contributed by atoms with Gasteiger partial charge in [0, 0.05) is 18.1 Å². The van der Waals surface area contributed by atoms with Gasteiger partial charge in [-0.1, -0.05) is 19.8 Å². The first-order chi connectivity index (χ1) is 8.61. The maximum absolute atomic E-state index is 12.0. The molecule has 2 heterocycles. The van der Waals surface area contributed by atoms with E-state index in [0.717, 1.165) is 25.7 Å². The summed E-state index contributed by atoms with van der Waals surface area (Å²) in [5.74, 6) is 0.0458. The molecule has 0 radical (unpaired) electrons. The first-order valence-corrected chi connectivity index (χ1v) is 7.39. The topological polar surface area (TPSA) is 58.4 Å². The number of hydrogen-bond acceptors (Lipinski definition) is 3. The minimum atomic E-state index is -0.325. The Morgan fingerprint density at radius 1 is 1.39 bits per heavy atom. The molecule has 0 aromatic carbocycles. The quantitative estimate of drug-likeness (QED) is 0.792. The lowest BCUT2D eigenvalue weighted by Crippen LogP contribution is -2.56. The van der Waals surface area contributed by atoms with Gasteiger partial charge in [0.25, 0.3) is 0 Å². The van der Waals surface area contributed by atoms with Crippen molar-refractivity contribution in [3.05, 3.63) is 0 Å². The largest absolute Gasteiger partial charge is 0.352 e. The molecule has 0 spiro atoms. The van der Waals surface area contributed by atoms with Gasteiger partial charge in [0.15, 0.2) is 0 Å². The third kappa shape index (κ3) is 3.04. The third-order valence-corrected chi connectivity index (χ3v) is 4.62. The zero-order valence-electron chi connectivity index (χ0n) is 11.7. The predicted octanol–water partition coefficient (Wildman–Crippen LogP) is 1.25. The molecule has 2 aliphatic rings. The summed E-state index contributed by atoms with van der Waals surface area (Å²) >= 11 is 0. The van der Waals surface area contributed by atoms with Crippen LogP contribution in [0.15, 0.2) is 0 Å². The minimum absolute atomic E-state index is 0.0458. The van der Waals surface area contributed by atoms with Crippen molar-refractivity contribution in [2.24, 2.45) is 5.73 Å². The molecule has 1 amide bonds. The molecule has 2 saturated heterocycles. The van der Waals surface area contributed by atoms with Crippen molar-refractivity contribution in [1.82, 2.24) is 10.2 Å². The van der Waals surface area contributed by atoms with E-state index in [1.165, 1.54) is 19.3 Å². The lowest BCUT2D eigenvalue weighted by Gasteiger charge is -2.47. The van der Waals surface area contributed by atoms with Crippen LogP contribution < -0.4 is 11.1 Å². The van der Waals surface area contributed by atoms with Gasteiger partial charge in [0.2, 0.25) is 5.91 Å². The van der Waals surface area contributed by atoms with E-state index in [2.05, 4.69) is 24.2 Å². The molecule has 104 valence electrons. The van der Waals surface area contributed by atoms with Crippen molar-refractivity contribution in [2.45, 2.75) is 76.0 Å². The third-order valence-electron chi connectivity index (χ3n) is 4.62. The summed E-state index contributed by atoms with van der Waals surface area (Å²) < 4.78 is 0. The molecule has 0 aromatic heterocycles. The molecular weight excluding hydrogens is 226 g/mol. The van der Waals surface area contributed by atoms with E-state index in [-0.39, 0.29) is 11.9 Å². The maximum atomic E-state index is 12.0. The van der Waals surface area contributed by atoms with E-state index in [9.17, 15) is 4.79 Å². The SMILES string of the molecule is CCC[C@@H](N)C(=O)NC1CC2CCCC(C1)N2C. The van der Waals surface area contributed by atoms with Crippen LogP contribution >= 0.6 is 0 Å². The Bertz CT molecular complexity index is 281. The van der Waals surface area contributed by atoms with Gasteiger partial charge in [-0.15, -0.1) is 0 Å². The van der Waals surface area contributed by atoms with Crippen molar-refractivity contribution < 1.29 is 4.79 Å². The van der Waals surface area contributed by atoms with Gasteiger partial charge >= 0.3 is 0 Å². The average molecular weight is 253 g/mol. The van der Waals surface area contributed by atoms with Crippen LogP contribution in [0.5, 0.6) is 0 Å². The highest BCUT2D eigenvalue weighted by atomic mass is 16.2. The molecule has 0 saturated carbocycles. The highest BCUT2D eigenvalue weighted by Crippen LogP contribution is 2.32. The molecule has 4 heteroatoms. The number of piperidine rings is 2. The van der Waals surface area contributed by atoms with E-state index >= 15 is 0 Å². The van der Waals surface area contributed by atoms with E-state index < -0.39 is 0 Å². The number of carbonyl (C=O) groups excluding carboxylic acids is 1. The van der Waals surface area contributed by atoms with Gasteiger partial charge in [-0.2, -0.15) is 0 Å². The Balaban J connectivity index is 1.86. The Morgan fingerprint density at radius 3 is 2.56 bits per heavy atom. The highest BCUT2D eigenvalue weighted by Gasteiger charge is 2.36. The minimum Gasteiger partial charge on any atom is -0.352 e. The van der Waals surface area contributed by atoms with Crippen LogP contribution in [0, 0.1) is 0 Å². The first-order valence-electron chi connectivity index (χ1n) is 7.39. The number of amides is 1. The Labute approximate surface area is 110 Å². The van der Waals surface area contributed by atoms with Gasteiger partial charge in [-0.05, 0) is 39.2 Å². The van der Waals surface area contributed by atoms with E-state index in [1.807, 2.05) is 0 Å². The number of hydrogen-bond donors (Lipinski definition) is 2. The average Bonchev–Trinajstić information content (AvgIpc) is 2.30.